The number of rotatable bonds is 11. The summed E-state index contributed by atoms with van der Waals surface area (Å²) in [5, 5.41) is 3.29. The predicted molar refractivity (Wildman–Crippen MR) is 88.3 cm³/mol. The van der Waals surface area contributed by atoms with E-state index in [-0.39, 0.29) is 5.91 Å². The van der Waals surface area contributed by atoms with E-state index in [9.17, 15) is 4.79 Å². The Bertz CT molecular complexity index is 305. The smallest absolute Gasteiger partial charge is 0.237 e. The van der Waals surface area contributed by atoms with Crippen LogP contribution in [-0.2, 0) is 4.79 Å². The predicted octanol–water partition coefficient (Wildman–Crippen LogP) is 1.04. The van der Waals surface area contributed by atoms with Gasteiger partial charge in [0.05, 0.1) is 5.54 Å². The molecule has 1 rings (SSSR count). The van der Waals surface area contributed by atoms with Crippen molar-refractivity contribution in [2.45, 2.75) is 51.5 Å². The van der Waals surface area contributed by atoms with Crippen LogP contribution in [0.4, 0.5) is 0 Å². The topological polar surface area (TPSA) is 61.6 Å². The van der Waals surface area contributed by atoms with Crippen LogP contribution >= 0.6 is 0 Å². The highest BCUT2D eigenvalue weighted by atomic mass is 16.1. The SMILES string of the molecule is CCCNC(C)(CCCN(C)CCN1CCCC1)C(N)=O. The van der Waals surface area contributed by atoms with E-state index in [0.717, 1.165) is 45.4 Å². The minimum absolute atomic E-state index is 0.240. The van der Waals surface area contributed by atoms with Crippen molar-refractivity contribution in [2.75, 3.05) is 46.3 Å². The van der Waals surface area contributed by atoms with Crippen LogP contribution < -0.4 is 11.1 Å². The van der Waals surface area contributed by atoms with Crippen LogP contribution in [0.1, 0.15) is 46.0 Å². The molecule has 1 amide bonds. The lowest BCUT2D eigenvalue weighted by atomic mass is 9.94. The maximum atomic E-state index is 11.6. The first-order valence-corrected chi connectivity index (χ1v) is 8.44. The molecule has 21 heavy (non-hydrogen) atoms. The molecule has 1 atom stereocenters. The molecule has 1 aliphatic rings. The summed E-state index contributed by atoms with van der Waals surface area (Å²) in [6.07, 6.45) is 5.51. The van der Waals surface area contributed by atoms with Gasteiger partial charge < -0.3 is 20.9 Å². The molecule has 5 nitrogen and oxygen atoms in total. The van der Waals surface area contributed by atoms with Crippen molar-refractivity contribution >= 4 is 5.91 Å². The van der Waals surface area contributed by atoms with Gasteiger partial charge in [-0.2, -0.15) is 0 Å². The summed E-state index contributed by atoms with van der Waals surface area (Å²) in [4.78, 5) is 16.5. The second-order valence-electron chi connectivity index (χ2n) is 6.58. The van der Waals surface area contributed by atoms with Crippen molar-refractivity contribution in [3.8, 4) is 0 Å². The first-order valence-electron chi connectivity index (χ1n) is 8.44. The van der Waals surface area contributed by atoms with E-state index >= 15 is 0 Å². The third kappa shape index (κ3) is 6.76. The van der Waals surface area contributed by atoms with E-state index in [1.165, 1.54) is 25.9 Å². The van der Waals surface area contributed by atoms with E-state index in [4.69, 9.17) is 5.73 Å². The number of likely N-dealkylation sites (tertiary alicyclic amines) is 1. The van der Waals surface area contributed by atoms with Crippen LogP contribution in [0, 0.1) is 0 Å². The zero-order chi connectivity index (χ0) is 15.7. The number of amides is 1. The van der Waals surface area contributed by atoms with Gasteiger partial charge in [0.25, 0.3) is 0 Å². The van der Waals surface area contributed by atoms with Gasteiger partial charge in [0, 0.05) is 13.1 Å². The number of hydrogen-bond acceptors (Lipinski definition) is 4. The lowest BCUT2D eigenvalue weighted by Crippen LogP contribution is -2.53. The van der Waals surface area contributed by atoms with Crippen LogP contribution in [0.15, 0.2) is 0 Å². The first-order chi connectivity index (χ1) is 9.98. The van der Waals surface area contributed by atoms with Crippen LogP contribution in [0.25, 0.3) is 0 Å². The van der Waals surface area contributed by atoms with Crippen molar-refractivity contribution in [2.24, 2.45) is 5.73 Å². The number of carbonyl (C=O) groups is 1. The number of primary amides is 1. The molecule has 124 valence electrons. The fourth-order valence-corrected chi connectivity index (χ4v) is 2.83. The Morgan fingerprint density at radius 3 is 2.57 bits per heavy atom. The summed E-state index contributed by atoms with van der Waals surface area (Å²) >= 11 is 0. The van der Waals surface area contributed by atoms with Gasteiger partial charge in [-0.3, -0.25) is 4.79 Å². The molecule has 0 aromatic rings. The molecule has 1 heterocycles. The summed E-state index contributed by atoms with van der Waals surface area (Å²) in [6, 6.07) is 0. The average Bonchev–Trinajstić information content (AvgIpc) is 2.96. The third-order valence-electron chi connectivity index (χ3n) is 4.52. The molecule has 0 aromatic carbocycles. The minimum Gasteiger partial charge on any atom is -0.368 e. The second kappa shape index (κ2) is 9.38. The molecule has 1 fully saturated rings. The Hall–Kier alpha value is -0.650. The number of carbonyl (C=O) groups excluding carboxylic acids is 1. The highest BCUT2D eigenvalue weighted by molar-refractivity contribution is 5.84. The fourth-order valence-electron chi connectivity index (χ4n) is 2.83. The zero-order valence-electron chi connectivity index (χ0n) is 14.2. The van der Waals surface area contributed by atoms with Crippen molar-refractivity contribution < 1.29 is 4.79 Å². The maximum Gasteiger partial charge on any atom is 0.237 e. The Morgan fingerprint density at radius 1 is 1.33 bits per heavy atom. The summed E-state index contributed by atoms with van der Waals surface area (Å²) in [7, 11) is 2.16. The molecular formula is C16H34N4O. The zero-order valence-corrected chi connectivity index (χ0v) is 14.2. The van der Waals surface area contributed by atoms with Crippen molar-refractivity contribution in [3.05, 3.63) is 0 Å². The van der Waals surface area contributed by atoms with Crippen molar-refractivity contribution in [3.63, 3.8) is 0 Å². The van der Waals surface area contributed by atoms with Gasteiger partial charge in [-0.15, -0.1) is 0 Å². The second-order valence-corrected chi connectivity index (χ2v) is 6.58. The summed E-state index contributed by atoms with van der Waals surface area (Å²) in [6.45, 7) is 10.7. The largest absolute Gasteiger partial charge is 0.368 e. The van der Waals surface area contributed by atoms with Crippen LogP contribution in [0.3, 0.4) is 0 Å². The number of nitrogens with zero attached hydrogens (tertiary/aromatic N) is 2. The van der Waals surface area contributed by atoms with Gasteiger partial charge >= 0.3 is 0 Å². The Labute approximate surface area is 130 Å². The van der Waals surface area contributed by atoms with Crippen LogP contribution in [-0.4, -0.2) is 67.6 Å². The quantitative estimate of drug-likeness (QED) is 0.598. The lowest BCUT2D eigenvalue weighted by molar-refractivity contribution is -0.124. The Kier molecular flexibility index (Phi) is 8.22. The molecule has 3 N–H and O–H groups in total. The molecule has 0 aliphatic carbocycles. The van der Waals surface area contributed by atoms with E-state index in [2.05, 4.69) is 29.1 Å². The van der Waals surface area contributed by atoms with E-state index in [0.29, 0.717) is 0 Å². The monoisotopic (exact) mass is 298 g/mol. The number of likely N-dealkylation sites (N-methyl/N-ethyl adjacent to an activating group) is 1. The highest BCUT2D eigenvalue weighted by Crippen LogP contribution is 2.13. The molecule has 0 bridgehead atoms. The molecular weight excluding hydrogens is 264 g/mol. The van der Waals surface area contributed by atoms with Gasteiger partial charge in [0.1, 0.15) is 0 Å². The number of nitrogens with one attached hydrogen (secondary N) is 1. The van der Waals surface area contributed by atoms with Gasteiger partial charge in [0.2, 0.25) is 5.91 Å². The van der Waals surface area contributed by atoms with Crippen molar-refractivity contribution in [1.29, 1.82) is 0 Å². The summed E-state index contributed by atoms with van der Waals surface area (Å²) in [5.41, 5.74) is 4.98. The maximum absolute atomic E-state index is 11.6. The number of nitrogens with two attached hydrogens (primary N) is 1. The summed E-state index contributed by atoms with van der Waals surface area (Å²) < 4.78 is 0. The lowest BCUT2D eigenvalue weighted by Gasteiger charge is -2.28. The molecule has 1 saturated heterocycles. The van der Waals surface area contributed by atoms with E-state index in [1.807, 2.05) is 6.92 Å². The van der Waals surface area contributed by atoms with Gasteiger partial charge in [0.15, 0.2) is 0 Å². The molecule has 1 unspecified atom stereocenters. The third-order valence-corrected chi connectivity index (χ3v) is 4.52. The van der Waals surface area contributed by atoms with E-state index < -0.39 is 5.54 Å². The molecule has 0 spiro atoms. The van der Waals surface area contributed by atoms with Crippen molar-refractivity contribution in [1.82, 2.24) is 15.1 Å². The average molecular weight is 298 g/mol. The standard InChI is InChI=1S/C16H34N4O/c1-4-9-18-16(2,15(17)21)8-7-10-19(3)13-14-20-11-5-6-12-20/h18H,4-14H2,1-3H3,(H2,17,21). The van der Waals surface area contributed by atoms with Crippen LogP contribution in [0.5, 0.6) is 0 Å². The van der Waals surface area contributed by atoms with E-state index in [1.54, 1.807) is 0 Å². The molecule has 1 aliphatic heterocycles. The normalized spacial score (nSPS) is 19.0. The molecule has 0 aromatic heterocycles. The molecule has 0 radical (unpaired) electrons. The first kappa shape index (κ1) is 18.4. The fraction of sp³-hybridized carbons (Fsp3) is 0.938. The van der Waals surface area contributed by atoms with Gasteiger partial charge in [-0.1, -0.05) is 6.92 Å². The van der Waals surface area contributed by atoms with Gasteiger partial charge in [-0.25, -0.2) is 0 Å². The number of hydrogen-bond donors (Lipinski definition) is 2. The summed E-state index contributed by atoms with van der Waals surface area (Å²) in [5.74, 6) is -0.240. The molecule has 5 heteroatoms. The highest BCUT2D eigenvalue weighted by Gasteiger charge is 2.29. The Morgan fingerprint density at radius 2 is 2.00 bits per heavy atom. The Balaban J connectivity index is 2.20. The minimum atomic E-state index is -0.564. The van der Waals surface area contributed by atoms with Gasteiger partial charge in [-0.05, 0) is 72.3 Å². The van der Waals surface area contributed by atoms with Crippen LogP contribution in [0.2, 0.25) is 0 Å². The molecule has 0 saturated carbocycles.